The molecule has 1 N–H and O–H groups in total. The van der Waals surface area contributed by atoms with Crippen LogP contribution in [-0.4, -0.2) is 68.1 Å². The van der Waals surface area contributed by atoms with Crippen molar-refractivity contribution < 1.29 is 19.1 Å². The molecule has 2 amide bonds. The maximum atomic E-state index is 13.4. The van der Waals surface area contributed by atoms with E-state index in [1.165, 1.54) is 4.90 Å². The Kier molecular flexibility index (Phi) is 6.34. The SMILES string of the molecule is COc1ccc(C)cc1NC1=C(c2ccccc2)C(=O)N(CCN2CCOCC2)C1=O. The number of hydrogen-bond acceptors (Lipinski definition) is 6. The van der Waals surface area contributed by atoms with Crippen LogP contribution in [0.15, 0.2) is 54.2 Å². The zero-order valence-electron chi connectivity index (χ0n) is 17.9. The zero-order chi connectivity index (χ0) is 21.8. The third-order valence-corrected chi connectivity index (χ3v) is 5.59. The van der Waals surface area contributed by atoms with Crippen molar-refractivity contribution in [3.05, 3.63) is 65.4 Å². The van der Waals surface area contributed by atoms with Gasteiger partial charge in [0.05, 0.1) is 31.6 Å². The lowest BCUT2D eigenvalue weighted by Crippen LogP contribution is -2.43. The monoisotopic (exact) mass is 421 g/mol. The molecule has 0 bridgehead atoms. The van der Waals surface area contributed by atoms with E-state index in [4.69, 9.17) is 9.47 Å². The summed E-state index contributed by atoms with van der Waals surface area (Å²) < 4.78 is 10.8. The summed E-state index contributed by atoms with van der Waals surface area (Å²) in [4.78, 5) is 30.3. The summed E-state index contributed by atoms with van der Waals surface area (Å²) in [6, 6.07) is 15.0. The maximum absolute atomic E-state index is 13.4. The van der Waals surface area contributed by atoms with Gasteiger partial charge in [0.2, 0.25) is 0 Å². The summed E-state index contributed by atoms with van der Waals surface area (Å²) in [5.74, 6) is 0.0109. The van der Waals surface area contributed by atoms with E-state index in [0.29, 0.717) is 48.9 Å². The van der Waals surface area contributed by atoms with Gasteiger partial charge in [0.15, 0.2) is 0 Å². The molecule has 1 saturated heterocycles. The second-order valence-electron chi connectivity index (χ2n) is 7.66. The number of methoxy groups -OCH3 is 1. The number of rotatable bonds is 7. The molecular weight excluding hydrogens is 394 g/mol. The second-order valence-corrected chi connectivity index (χ2v) is 7.66. The Balaban J connectivity index is 1.65. The van der Waals surface area contributed by atoms with Crippen molar-refractivity contribution in [2.45, 2.75) is 6.92 Å². The summed E-state index contributed by atoms with van der Waals surface area (Å²) in [7, 11) is 1.58. The van der Waals surface area contributed by atoms with Crippen LogP contribution in [0.25, 0.3) is 5.57 Å². The van der Waals surface area contributed by atoms with Gasteiger partial charge in [-0.05, 0) is 30.2 Å². The molecule has 0 saturated carbocycles. The molecule has 0 spiro atoms. The second kappa shape index (κ2) is 9.32. The molecule has 162 valence electrons. The van der Waals surface area contributed by atoms with Gasteiger partial charge in [-0.25, -0.2) is 0 Å². The molecule has 0 aliphatic carbocycles. The van der Waals surface area contributed by atoms with Crippen molar-refractivity contribution in [2.24, 2.45) is 0 Å². The Morgan fingerprint density at radius 3 is 2.45 bits per heavy atom. The maximum Gasteiger partial charge on any atom is 0.278 e. The van der Waals surface area contributed by atoms with E-state index in [1.807, 2.05) is 55.5 Å². The standard InChI is InChI=1S/C24H27N3O4/c1-17-8-9-20(30-2)19(16-17)25-22-21(18-6-4-3-5-7-18)23(28)27(24(22)29)11-10-26-12-14-31-15-13-26/h3-9,16,25H,10-15H2,1-2H3. The number of amides is 2. The number of imide groups is 1. The van der Waals surface area contributed by atoms with Crippen molar-refractivity contribution in [3.63, 3.8) is 0 Å². The number of carbonyl (C=O) groups is 2. The summed E-state index contributed by atoms with van der Waals surface area (Å²) in [6.07, 6.45) is 0. The summed E-state index contributed by atoms with van der Waals surface area (Å²) in [5.41, 5.74) is 3.05. The molecular formula is C24H27N3O4. The van der Waals surface area contributed by atoms with Gasteiger partial charge in [-0.15, -0.1) is 0 Å². The van der Waals surface area contributed by atoms with Gasteiger partial charge in [-0.2, -0.15) is 0 Å². The van der Waals surface area contributed by atoms with Gasteiger partial charge in [0.25, 0.3) is 11.8 Å². The highest BCUT2D eigenvalue weighted by atomic mass is 16.5. The minimum Gasteiger partial charge on any atom is -0.495 e. The lowest BCUT2D eigenvalue weighted by Gasteiger charge is -2.28. The van der Waals surface area contributed by atoms with E-state index >= 15 is 0 Å². The highest BCUT2D eigenvalue weighted by Gasteiger charge is 2.39. The van der Waals surface area contributed by atoms with E-state index < -0.39 is 0 Å². The molecule has 2 aromatic rings. The molecule has 2 aliphatic heterocycles. The number of carbonyl (C=O) groups excluding carboxylic acids is 2. The number of aryl methyl sites for hydroxylation is 1. The molecule has 31 heavy (non-hydrogen) atoms. The smallest absolute Gasteiger partial charge is 0.278 e. The predicted octanol–water partition coefficient (Wildman–Crippen LogP) is 2.53. The Hall–Kier alpha value is -3.16. The molecule has 7 nitrogen and oxygen atoms in total. The van der Waals surface area contributed by atoms with Crippen LogP contribution in [0.4, 0.5) is 5.69 Å². The normalized spacial score (nSPS) is 17.4. The largest absolute Gasteiger partial charge is 0.495 e. The summed E-state index contributed by atoms with van der Waals surface area (Å²) >= 11 is 0. The fraction of sp³-hybridized carbons (Fsp3) is 0.333. The topological polar surface area (TPSA) is 71.1 Å². The Bertz CT molecular complexity index is 997. The first-order valence-electron chi connectivity index (χ1n) is 10.5. The molecule has 0 radical (unpaired) electrons. The average molecular weight is 421 g/mol. The third-order valence-electron chi connectivity index (χ3n) is 5.59. The molecule has 2 aliphatic rings. The molecule has 2 aromatic carbocycles. The van der Waals surface area contributed by atoms with Gasteiger partial charge >= 0.3 is 0 Å². The Morgan fingerprint density at radius 2 is 1.74 bits per heavy atom. The van der Waals surface area contributed by atoms with Crippen LogP contribution in [-0.2, 0) is 14.3 Å². The van der Waals surface area contributed by atoms with Crippen molar-refractivity contribution in [3.8, 4) is 5.75 Å². The van der Waals surface area contributed by atoms with E-state index in [1.54, 1.807) is 7.11 Å². The minimum atomic E-state index is -0.319. The van der Waals surface area contributed by atoms with E-state index in [2.05, 4.69) is 10.2 Å². The van der Waals surface area contributed by atoms with Crippen LogP contribution in [0.1, 0.15) is 11.1 Å². The third kappa shape index (κ3) is 4.47. The van der Waals surface area contributed by atoms with E-state index in [-0.39, 0.29) is 17.5 Å². The molecule has 0 aromatic heterocycles. The lowest BCUT2D eigenvalue weighted by atomic mass is 10.0. The minimum absolute atomic E-state index is 0.279. The quantitative estimate of drug-likeness (QED) is 0.693. The first-order valence-corrected chi connectivity index (χ1v) is 10.5. The number of ether oxygens (including phenoxy) is 2. The number of anilines is 1. The van der Waals surface area contributed by atoms with Crippen molar-refractivity contribution in [1.29, 1.82) is 0 Å². The van der Waals surface area contributed by atoms with E-state index in [9.17, 15) is 9.59 Å². The van der Waals surface area contributed by atoms with Crippen LogP contribution in [0.3, 0.4) is 0 Å². The first-order chi connectivity index (χ1) is 15.1. The molecule has 0 atom stereocenters. The van der Waals surface area contributed by atoms with Gasteiger partial charge in [0, 0.05) is 26.2 Å². The summed E-state index contributed by atoms with van der Waals surface area (Å²) in [5, 5.41) is 3.21. The predicted molar refractivity (Wildman–Crippen MR) is 119 cm³/mol. The first kappa shape index (κ1) is 21.1. The highest BCUT2D eigenvalue weighted by molar-refractivity contribution is 6.36. The Morgan fingerprint density at radius 1 is 1.00 bits per heavy atom. The van der Waals surface area contributed by atoms with Gasteiger partial charge in [0.1, 0.15) is 11.4 Å². The van der Waals surface area contributed by atoms with Crippen LogP contribution >= 0.6 is 0 Å². The summed E-state index contributed by atoms with van der Waals surface area (Å²) in [6.45, 7) is 5.90. The van der Waals surface area contributed by atoms with Crippen LogP contribution in [0.5, 0.6) is 5.75 Å². The van der Waals surface area contributed by atoms with Crippen molar-refractivity contribution in [1.82, 2.24) is 9.80 Å². The molecule has 7 heteroatoms. The van der Waals surface area contributed by atoms with E-state index in [0.717, 1.165) is 18.7 Å². The van der Waals surface area contributed by atoms with Gasteiger partial charge in [-0.1, -0.05) is 36.4 Å². The number of morpholine rings is 1. The van der Waals surface area contributed by atoms with Gasteiger partial charge in [-0.3, -0.25) is 19.4 Å². The fourth-order valence-electron chi connectivity index (χ4n) is 3.89. The highest BCUT2D eigenvalue weighted by Crippen LogP contribution is 2.33. The number of hydrogen-bond donors (Lipinski definition) is 1. The molecule has 0 unspecified atom stereocenters. The fourth-order valence-corrected chi connectivity index (χ4v) is 3.89. The number of nitrogens with one attached hydrogen (secondary N) is 1. The van der Waals surface area contributed by atoms with Crippen LogP contribution in [0, 0.1) is 6.92 Å². The van der Waals surface area contributed by atoms with Gasteiger partial charge < -0.3 is 14.8 Å². The number of nitrogens with zero attached hydrogens (tertiary/aromatic N) is 2. The Labute approximate surface area is 182 Å². The molecule has 2 heterocycles. The zero-order valence-corrected chi connectivity index (χ0v) is 17.9. The van der Waals surface area contributed by atoms with Crippen molar-refractivity contribution in [2.75, 3.05) is 51.8 Å². The number of benzene rings is 2. The molecule has 4 rings (SSSR count). The van der Waals surface area contributed by atoms with Crippen LogP contribution < -0.4 is 10.1 Å². The van der Waals surface area contributed by atoms with Crippen LogP contribution in [0.2, 0.25) is 0 Å². The van der Waals surface area contributed by atoms with Crippen molar-refractivity contribution >= 4 is 23.1 Å². The molecule has 1 fully saturated rings. The average Bonchev–Trinajstić information content (AvgIpc) is 3.03. The lowest BCUT2D eigenvalue weighted by molar-refractivity contribution is -0.137.